The molecule has 0 heterocycles. The van der Waals surface area contributed by atoms with Crippen molar-refractivity contribution in [2.75, 3.05) is 7.05 Å². The van der Waals surface area contributed by atoms with Crippen molar-refractivity contribution in [3.05, 3.63) is 65.2 Å². The number of rotatable bonds is 3. The third-order valence-corrected chi connectivity index (χ3v) is 4.23. The minimum Gasteiger partial charge on any atom is -0.271 e. The van der Waals surface area contributed by atoms with Crippen LogP contribution in [0.4, 0.5) is 0 Å². The average Bonchev–Trinajstić information content (AvgIpc) is 2.47. The molecule has 2 aromatic carbocycles. The Morgan fingerprint density at radius 2 is 1.65 bits per heavy atom. The molecule has 0 aliphatic carbocycles. The molecule has 0 unspecified atom stereocenters. The van der Waals surface area contributed by atoms with Gasteiger partial charge in [0, 0.05) is 17.6 Å². The topological polar surface area (TPSA) is 58.5 Å². The molecule has 0 aliphatic heterocycles. The van der Waals surface area contributed by atoms with Gasteiger partial charge in [-0.15, -0.1) is 0 Å². The Kier molecular flexibility index (Phi) is 4.42. The van der Waals surface area contributed by atoms with Gasteiger partial charge in [-0.3, -0.25) is 9.71 Å². The zero-order valence-corrected chi connectivity index (χ0v) is 12.3. The summed E-state index contributed by atoms with van der Waals surface area (Å²) in [5, 5.41) is 0.579. The molecule has 2 aromatic rings. The standard InChI is InChI=1S/C14H13ClN2O2S/c1-16-14(11-7-9-12(15)10-8-11)17-20(18,19)13-5-3-2-4-6-13/h2-10H,1H3,(H,16,17). The van der Waals surface area contributed by atoms with Gasteiger partial charge in [-0.2, -0.15) is 0 Å². The fraction of sp³-hybridized carbons (Fsp3) is 0.0714. The summed E-state index contributed by atoms with van der Waals surface area (Å²) < 4.78 is 26.9. The van der Waals surface area contributed by atoms with Crippen LogP contribution < -0.4 is 4.72 Å². The second-order valence-corrected chi connectivity index (χ2v) is 6.12. The van der Waals surface area contributed by atoms with Gasteiger partial charge in [-0.1, -0.05) is 29.8 Å². The van der Waals surface area contributed by atoms with Crippen LogP contribution in [-0.2, 0) is 10.0 Å². The largest absolute Gasteiger partial charge is 0.271 e. The summed E-state index contributed by atoms with van der Waals surface area (Å²) in [6.07, 6.45) is 0. The van der Waals surface area contributed by atoms with E-state index in [1.54, 1.807) is 42.5 Å². The SMILES string of the molecule is CN=C(NS(=O)(=O)c1ccccc1)c1ccc(Cl)cc1. The highest BCUT2D eigenvalue weighted by Crippen LogP contribution is 2.12. The second-order valence-electron chi connectivity index (χ2n) is 4.00. The summed E-state index contributed by atoms with van der Waals surface area (Å²) in [7, 11) is -2.12. The van der Waals surface area contributed by atoms with Gasteiger partial charge in [0.25, 0.3) is 10.0 Å². The summed E-state index contributed by atoms with van der Waals surface area (Å²) in [4.78, 5) is 4.17. The number of halogens is 1. The van der Waals surface area contributed by atoms with E-state index in [9.17, 15) is 8.42 Å². The molecule has 0 amide bonds. The monoisotopic (exact) mass is 308 g/mol. The molecule has 4 nitrogen and oxygen atoms in total. The fourth-order valence-electron chi connectivity index (χ4n) is 1.63. The predicted molar refractivity (Wildman–Crippen MR) is 80.7 cm³/mol. The number of amidine groups is 1. The van der Waals surface area contributed by atoms with Crippen molar-refractivity contribution in [2.45, 2.75) is 4.90 Å². The van der Waals surface area contributed by atoms with E-state index in [1.165, 1.54) is 19.2 Å². The van der Waals surface area contributed by atoms with Gasteiger partial charge in [0.05, 0.1) is 4.90 Å². The van der Waals surface area contributed by atoms with Crippen molar-refractivity contribution in [3.63, 3.8) is 0 Å². The number of aliphatic imine (C=N–C) groups is 1. The van der Waals surface area contributed by atoms with Crippen LogP contribution in [0.1, 0.15) is 5.56 Å². The van der Waals surface area contributed by atoms with Gasteiger partial charge < -0.3 is 0 Å². The fourth-order valence-corrected chi connectivity index (χ4v) is 2.85. The Morgan fingerprint density at radius 3 is 2.20 bits per heavy atom. The van der Waals surface area contributed by atoms with Crippen LogP contribution in [0, 0.1) is 0 Å². The van der Waals surface area contributed by atoms with Crippen molar-refractivity contribution in [1.82, 2.24) is 4.72 Å². The van der Waals surface area contributed by atoms with E-state index in [0.717, 1.165) is 0 Å². The minimum atomic E-state index is -3.64. The van der Waals surface area contributed by atoms with E-state index in [2.05, 4.69) is 9.71 Å². The van der Waals surface area contributed by atoms with Crippen LogP contribution in [-0.4, -0.2) is 21.3 Å². The zero-order chi connectivity index (χ0) is 14.6. The first-order chi connectivity index (χ1) is 9.53. The molecule has 0 fully saturated rings. The Morgan fingerprint density at radius 1 is 1.05 bits per heavy atom. The molecular formula is C14H13ClN2O2S. The van der Waals surface area contributed by atoms with Crippen LogP contribution in [0.3, 0.4) is 0 Å². The van der Waals surface area contributed by atoms with E-state index in [0.29, 0.717) is 10.6 Å². The van der Waals surface area contributed by atoms with Crippen molar-refractivity contribution in [1.29, 1.82) is 0 Å². The lowest BCUT2D eigenvalue weighted by Gasteiger charge is -2.10. The highest BCUT2D eigenvalue weighted by molar-refractivity contribution is 7.90. The van der Waals surface area contributed by atoms with E-state index < -0.39 is 10.0 Å². The molecule has 0 aromatic heterocycles. The molecule has 0 saturated heterocycles. The van der Waals surface area contributed by atoms with Crippen LogP contribution in [0.25, 0.3) is 0 Å². The van der Waals surface area contributed by atoms with Crippen molar-refractivity contribution in [2.24, 2.45) is 4.99 Å². The first kappa shape index (κ1) is 14.6. The van der Waals surface area contributed by atoms with Gasteiger partial charge in [0.1, 0.15) is 5.84 Å². The molecule has 2 rings (SSSR count). The summed E-state index contributed by atoms with van der Waals surface area (Å²) in [6.45, 7) is 0. The predicted octanol–water partition coefficient (Wildman–Crippen LogP) is 2.69. The molecule has 0 atom stereocenters. The minimum absolute atomic E-state index is 0.190. The van der Waals surface area contributed by atoms with Crippen molar-refractivity contribution in [3.8, 4) is 0 Å². The van der Waals surface area contributed by atoms with Gasteiger partial charge in [-0.25, -0.2) is 8.42 Å². The van der Waals surface area contributed by atoms with Gasteiger partial charge in [0.2, 0.25) is 0 Å². The van der Waals surface area contributed by atoms with Crippen LogP contribution in [0.15, 0.2) is 64.5 Å². The molecule has 6 heteroatoms. The summed E-state index contributed by atoms with van der Waals surface area (Å²) in [5.41, 5.74) is 0.649. The maximum absolute atomic E-state index is 12.2. The lowest BCUT2D eigenvalue weighted by molar-refractivity contribution is 0.592. The van der Waals surface area contributed by atoms with Crippen LogP contribution >= 0.6 is 11.6 Å². The highest BCUT2D eigenvalue weighted by Gasteiger charge is 2.16. The molecule has 0 saturated carbocycles. The molecule has 104 valence electrons. The molecule has 0 bridgehead atoms. The molecule has 0 aliphatic rings. The number of nitrogens with one attached hydrogen (secondary N) is 1. The first-order valence-electron chi connectivity index (χ1n) is 5.83. The number of hydrogen-bond acceptors (Lipinski definition) is 3. The van der Waals surface area contributed by atoms with E-state index in [1.807, 2.05) is 0 Å². The highest BCUT2D eigenvalue weighted by atomic mass is 35.5. The quantitative estimate of drug-likeness (QED) is 0.700. The maximum Gasteiger partial charge on any atom is 0.263 e. The third kappa shape index (κ3) is 3.37. The summed E-state index contributed by atoms with van der Waals surface area (Å²) in [5.74, 6) is 0.269. The second kappa shape index (κ2) is 6.07. The van der Waals surface area contributed by atoms with Crippen LogP contribution in [0.5, 0.6) is 0 Å². The lowest BCUT2D eigenvalue weighted by atomic mass is 10.2. The summed E-state index contributed by atoms with van der Waals surface area (Å²) in [6, 6.07) is 14.9. The number of hydrogen-bond donors (Lipinski definition) is 1. The Bertz CT molecular complexity index is 711. The Hall–Kier alpha value is -1.85. The van der Waals surface area contributed by atoms with Crippen molar-refractivity contribution >= 4 is 27.5 Å². The zero-order valence-electron chi connectivity index (χ0n) is 10.7. The molecule has 0 radical (unpaired) electrons. The number of benzene rings is 2. The molecule has 20 heavy (non-hydrogen) atoms. The van der Waals surface area contributed by atoms with E-state index >= 15 is 0 Å². The number of sulfonamides is 1. The Balaban J connectivity index is 2.30. The van der Waals surface area contributed by atoms with Gasteiger partial charge in [0.15, 0.2) is 0 Å². The van der Waals surface area contributed by atoms with Gasteiger partial charge in [-0.05, 0) is 36.4 Å². The lowest BCUT2D eigenvalue weighted by Crippen LogP contribution is -2.31. The van der Waals surface area contributed by atoms with Crippen LogP contribution in [0.2, 0.25) is 5.02 Å². The third-order valence-electron chi connectivity index (χ3n) is 2.63. The maximum atomic E-state index is 12.2. The van der Waals surface area contributed by atoms with E-state index in [4.69, 9.17) is 11.6 Å². The Labute approximate surface area is 123 Å². The smallest absolute Gasteiger partial charge is 0.263 e. The first-order valence-corrected chi connectivity index (χ1v) is 7.69. The number of nitrogens with zero attached hydrogens (tertiary/aromatic N) is 1. The van der Waals surface area contributed by atoms with E-state index in [-0.39, 0.29) is 10.7 Å². The van der Waals surface area contributed by atoms with Crippen molar-refractivity contribution < 1.29 is 8.42 Å². The summed E-state index contributed by atoms with van der Waals surface area (Å²) >= 11 is 5.81. The normalized spacial score (nSPS) is 12.2. The molecular weight excluding hydrogens is 296 g/mol. The average molecular weight is 309 g/mol. The molecule has 0 spiro atoms. The van der Waals surface area contributed by atoms with Gasteiger partial charge >= 0.3 is 0 Å². The molecule has 1 N–H and O–H groups in total.